The average Bonchev–Trinajstić information content (AvgIpc) is 3.69. The van der Waals surface area contributed by atoms with Gasteiger partial charge in [-0.15, -0.1) is 0 Å². The van der Waals surface area contributed by atoms with Gasteiger partial charge in [-0.1, -0.05) is 0 Å². The van der Waals surface area contributed by atoms with E-state index in [9.17, 15) is 19.0 Å². The summed E-state index contributed by atoms with van der Waals surface area (Å²) in [6, 6.07) is 8.64. The second-order valence-corrected chi connectivity index (χ2v) is 13.2. The van der Waals surface area contributed by atoms with Crippen LogP contribution in [0.25, 0.3) is 11.4 Å². The molecule has 2 fully saturated rings. The van der Waals surface area contributed by atoms with E-state index in [2.05, 4.69) is 22.5 Å². The molecule has 0 unspecified atom stereocenters. The first-order valence-corrected chi connectivity index (χ1v) is 14.6. The van der Waals surface area contributed by atoms with Crippen molar-refractivity contribution in [1.82, 2.24) is 15.3 Å². The highest BCUT2D eigenvalue weighted by atomic mass is 32.3. The van der Waals surface area contributed by atoms with Gasteiger partial charge in [-0.05, 0) is 64.3 Å². The number of amides is 2. The highest BCUT2D eigenvalue weighted by Crippen LogP contribution is 2.72. The Kier molecular flexibility index (Phi) is 8.50. The van der Waals surface area contributed by atoms with E-state index in [0.717, 1.165) is 5.56 Å². The summed E-state index contributed by atoms with van der Waals surface area (Å²) in [7, 11) is -3.09. The van der Waals surface area contributed by atoms with Crippen LogP contribution in [0.1, 0.15) is 45.7 Å². The van der Waals surface area contributed by atoms with E-state index in [-0.39, 0.29) is 31.4 Å². The maximum atomic E-state index is 11.9. The van der Waals surface area contributed by atoms with Gasteiger partial charge in [-0.3, -0.25) is 9.11 Å². The Labute approximate surface area is 225 Å². The number of hydrogen-bond donors (Lipinski definition) is 6. The predicted molar refractivity (Wildman–Crippen MR) is 149 cm³/mol. The topological polar surface area (TPSA) is 160 Å². The van der Waals surface area contributed by atoms with Crippen molar-refractivity contribution in [3.63, 3.8) is 0 Å². The fourth-order valence-corrected chi connectivity index (χ4v) is 6.88. The first-order chi connectivity index (χ1) is 17.9. The van der Waals surface area contributed by atoms with Gasteiger partial charge < -0.3 is 30.5 Å². The number of rotatable bonds is 10. The number of carbonyl (C=O) groups is 1. The van der Waals surface area contributed by atoms with Crippen LogP contribution in [-0.2, 0) is 9.48 Å². The van der Waals surface area contributed by atoms with Crippen LogP contribution in [0.5, 0.6) is 0 Å². The summed E-state index contributed by atoms with van der Waals surface area (Å²) in [6.07, 6.45) is 1.46. The quantitative estimate of drug-likeness (QED) is 0.261. The highest BCUT2D eigenvalue weighted by molar-refractivity contribution is 8.25. The molecule has 38 heavy (non-hydrogen) atoms. The van der Waals surface area contributed by atoms with E-state index < -0.39 is 27.0 Å². The maximum Gasteiger partial charge on any atom is 0.319 e. The molecule has 0 bridgehead atoms. The SMILES string of the molecule is C[C@H]1COCCN1c1cc(C2(S(O)(O)CCC(C)(C)O)CC2)nc(-c2ccc(NC(=O)NCCO)cc2)n1. The van der Waals surface area contributed by atoms with Gasteiger partial charge in [0.25, 0.3) is 0 Å². The van der Waals surface area contributed by atoms with E-state index in [1.54, 1.807) is 38.1 Å². The van der Waals surface area contributed by atoms with Crippen LogP contribution in [-0.4, -0.2) is 85.6 Å². The summed E-state index contributed by atoms with van der Waals surface area (Å²) in [5.74, 6) is 1.25. The molecule has 1 atom stereocenters. The van der Waals surface area contributed by atoms with Gasteiger partial charge in [0, 0.05) is 36.2 Å². The second kappa shape index (κ2) is 11.3. The summed E-state index contributed by atoms with van der Waals surface area (Å²) in [5.41, 5.74) is 0.883. The van der Waals surface area contributed by atoms with Gasteiger partial charge in [-0.2, -0.15) is 10.6 Å². The molecule has 2 aromatic rings. The summed E-state index contributed by atoms with van der Waals surface area (Å²) in [4.78, 5) is 23.8. The van der Waals surface area contributed by atoms with Crippen LogP contribution < -0.4 is 15.5 Å². The van der Waals surface area contributed by atoms with Crippen molar-refractivity contribution in [3.05, 3.63) is 36.0 Å². The molecular weight excluding hydrogens is 510 g/mol. The van der Waals surface area contributed by atoms with Crippen LogP contribution in [0.15, 0.2) is 30.3 Å². The van der Waals surface area contributed by atoms with Crippen molar-refractivity contribution in [2.45, 2.75) is 56.4 Å². The zero-order chi connectivity index (χ0) is 27.6. The zero-order valence-electron chi connectivity index (χ0n) is 22.2. The molecule has 6 N–H and O–H groups in total. The molecule has 1 aliphatic carbocycles. The van der Waals surface area contributed by atoms with Crippen LogP contribution in [0.3, 0.4) is 0 Å². The average molecular weight is 550 g/mol. The van der Waals surface area contributed by atoms with Crippen LogP contribution in [0.2, 0.25) is 0 Å². The molecule has 4 rings (SSSR count). The first-order valence-electron chi connectivity index (χ1n) is 12.9. The number of morpholine rings is 1. The van der Waals surface area contributed by atoms with Crippen molar-refractivity contribution in [2.24, 2.45) is 0 Å². The van der Waals surface area contributed by atoms with E-state index in [1.807, 2.05) is 6.07 Å². The third-order valence-electron chi connectivity index (χ3n) is 6.97. The normalized spacial score (nSPS) is 19.7. The molecule has 0 radical (unpaired) electrons. The van der Waals surface area contributed by atoms with Gasteiger partial charge in [0.05, 0.1) is 37.2 Å². The van der Waals surface area contributed by atoms with E-state index in [1.165, 1.54) is 0 Å². The van der Waals surface area contributed by atoms with Crippen molar-refractivity contribution in [2.75, 3.05) is 48.9 Å². The molecule has 1 aromatic heterocycles. The number of aliphatic hydroxyl groups excluding tert-OH is 1. The summed E-state index contributed by atoms with van der Waals surface area (Å²) < 4.78 is 27.3. The molecule has 2 amide bonds. The number of hydrogen-bond acceptors (Lipinski definition) is 9. The molecule has 1 saturated carbocycles. The van der Waals surface area contributed by atoms with Crippen molar-refractivity contribution >= 4 is 28.1 Å². The predicted octanol–water partition coefficient (Wildman–Crippen LogP) is 3.38. The van der Waals surface area contributed by atoms with Crippen molar-refractivity contribution < 1.29 is 28.8 Å². The van der Waals surface area contributed by atoms with Crippen molar-refractivity contribution in [1.29, 1.82) is 0 Å². The lowest BCUT2D eigenvalue weighted by Gasteiger charge is -2.42. The summed E-state index contributed by atoms with van der Waals surface area (Å²) in [5, 5.41) is 24.3. The number of carbonyl (C=O) groups excluding carboxylic acids is 1. The third kappa shape index (κ3) is 6.56. The Bertz CT molecular complexity index is 1120. The molecule has 2 aliphatic rings. The minimum atomic E-state index is -3.09. The summed E-state index contributed by atoms with van der Waals surface area (Å²) >= 11 is 0. The standard InChI is InChI=1S/C26H39N5O6S/c1-18-17-37-14-12-31(18)22-16-21(26(8-9-26)38(35,36)15-10-25(2,3)34)29-23(30-22)19-4-6-20(7-5-19)28-24(33)27-11-13-32/h4-7,16,18,32,34-36H,8-15,17H2,1-3H3,(H2,27,28,33)/t18-/m0/s1. The number of urea groups is 1. The van der Waals surface area contributed by atoms with Crippen LogP contribution >= 0.6 is 10.6 Å². The van der Waals surface area contributed by atoms with Gasteiger partial charge >= 0.3 is 6.03 Å². The second-order valence-electron chi connectivity index (χ2n) is 10.7. The minimum absolute atomic E-state index is 0.0917. The highest BCUT2D eigenvalue weighted by Gasteiger charge is 2.56. The monoisotopic (exact) mass is 549 g/mol. The van der Waals surface area contributed by atoms with Gasteiger partial charge in [0.15, 0.2) is 5.82 Å². The molecule has 210 valence electrons. The lowest BCUT2D eigenvalue weighted by molar-refractivity contribution is 0.0765. The maximum absolute atomic E-state index is 11.9. The Morgan fingerprint density at radius 3 is 2.55 bits per heavy atom. The lowest BCUT2D eigenvalue weighted by atomic mass is 10.1. The number of nitrogens with zero attached hydrogens (tertiary/aromatic N) is 3. The molecule has 0 spiro atoms. The van der Waals surface area contributed by atoms with E-state index >= 15 is 0 Å². The van der Waals surface area contributed by atoms with Gasteiger partial charge in [0.1, 0.15) is 10.6 Å². The Balaban J connectivity index is 1.67. The summed E-state index contributed by atoms with van der Waals surface area (Å²) in [6.45, 7) is 7.20. The molecule has 2 heterocycles. The molecule has 1 aromatic carbocycles. The number of nitrogens with one attached hydrogen (secondary N) is 2. The van der Waals surface area contributed by atoms with Gasteiger partial charge in [0.2, 0.25) is 0 Å². The fraction of sp³-hybridized carbons (Fsp3) is 0.577. The Hall–Kier alpha value is -2.48. The molecular formula is C26H39N5O6S. The lowest BCUT2D eigenvalue weighted by Crippen LogP contribution is -2.44. The molecule has 1 aliphatic heterocycles. The Morgan fingerprint density at radius 1 is 1.24 bits per heavy atom. The molecule has 1 saturated heterocycles. The third-order valence-corrected chi connectivity index (χ3v) is 9.61. The minimum Gasteiger partial charge on any atom is -0.395 e. The largest absolute Gasteiger partial charge is 0.395 e. The number of benzene rings is 1. The fourth-order valence-electron chi connectivity index (χ4n) is 4.51. The molecule has 11 nitrogen and oxygen atoms in total. The molecule has 12 heteroatoms. The smallest absolute Gasteiger partial charge is 0.319 e. The first kappa shape index (κ1) is 28.5. The van der Waals surface area contributed by atoms with Crippen LogP contribution in [0, 0.1) is 0 Å². The van der Waals surface area contributed by atoms with E-state index in [0.29, 0.717) is 55.6 Å². The number of aliphatic hydroxyl groups is 2. The van der Waals surface area contributed by atoms with E-state index in [4.69, 9.17) is 19.8 Å². The number of anilines is 2. The van der Waals surface area contributed by atoms with Gasteiger partial charge in [-0.25, -0.2) is 14.8 Å². The number of ether oxygens (including phenoxy) is 1. The number of aromatic nitrogens is 2. The Morgan fingerprint density at radius 2 is 1.95 bits per heavy atom. The van der Waals surface area contributed by atoms with Crippen molar-refractivity contribution in [3.8, 4) is 11.4 Å². The zero-order valence-corrected chi connectivity index (χ0v) is 23.0. The van der Waals surface area contributed by atoms with Crippen LogP contribution in [0.4, 0.5) is 16.3 Å².